The Labute approximate surface area is 257 Å². The number of nitrogen functional groups attached to an aromatic ring is 1. The van der Waals surface area contributed by atoms with E-state index in [2.05, 4.69) is 41.1 Å². The Bertz CT molecular complexity index is 2130. The van der Waals surface area contributed by atoms with E-state index in [0.29, 0.717) is 38.2 Å². The first-order chi connectivity index (χ1) is 21.4. The number of anilines is 1. The van der Waals surface area contributed by atoms with Gasteiger partial charge >= 0.3 is 11.4 Å². The number of rotatable bonds is 8. The van der Waals surface area contributed by atoms with Crippen LogP contribution in [-0.2, 0) is 13.2 Å². The maximum atomic E-state index is 13.2. The van der Waals surface area contributed by atoms with Crippen LogP contribution in [0.2, 0.25) is 0 Å². The van der Waals surface area contributed by atoms with Gasteiger partial charge in [-0.15, -0.1) is 4.73 Å². The molecular weight excluding hydrogens is 632 g/mol. The standard InChI is InChI=1S/C29H21BrN10O4/c30-10-11-38-16-33-25-27(38)34-29(32)35-28(25)44-15-17-4-3-5-18(12-17)36-37-19-8-9-24(41)20(13-19)26-23(14-31)39(42)21-6-1-2-7-22(21)40(26)43/h1-9,12-13,16,41H,10-11,15H2,(H2,32,34,35). The second kappa shape index (κ2) is 11.8. The highest BCUT2D eigenvalue weighted by Crippen LogP contribution is 2.33. The van der Waals surface area contributed by atoms with Gasteiger partial charge in [0, 0.05) is 24.0 Å². The molecule has 44 heavy (non-hydrogen) atoms. The Morgan fingerprint density at radius 2 is 1.75 bits per heavy atom. The third-order valence-electron chi connectivity index (χ3n) is 6.63. The van der Waals surface area contributed by atoms with Crippen LogP contribution in [-0.4, -0.2) is 30.0 Å². The number of para-hydroxylation sites is 2. The predicted molar refractivity (Wildman–Crippen MR) is 162 cm³/mol. The minimum atomic E-state index is -0.464. The largest absolute Gasteiger partial charge is 0.617 e. The quantitative estimate of drug-likeness (QED) is 0.103. The first-order valence-corrected chi connectivity index (χ1v) is 14.2. The van der Waals surface area contributed by atoms with Crippen LogP contribution in [0.15, 0.2) is 83.3 Å². The minimum Gasteiger partial charge on any atom is -0.617 e. The molecule has 0 aliphatic heterocycles. The Kier molecular flexibility index (Phi) is 7.56. The van der Waals surface area contributed by atoms with Crippen LogP contribution in [0, 0.1) is 21.7 Å². The Balaban J connectivity index is 1.27. The van der Waals surface area contributed by atoms with Crippen LogP contribution in [0.5, 0.6) is 11.6 Å². The topological polar surface area (TPSA) is 201 Å². The van der Waals surface area contributed by atoms with Gasteiger partial charge in [-0.1, -0.05) is 40.2 Å². The molecule has 14 nitrogen and oxygen atoms in total. The zero-order valence-corrected chi connectivity index (χ0v) is 24.3. The van der Waals surface area contributed by atoms with Gasteiger partial charge in [0.1, 0.15) is 12.4 Å². The minimum absolute atomic E-state index is 0.0268. The zero-order valence-electron chi connectivity index (χ0n) is 22.7. The predicted octanol–water partition coefficient (Wildman–Crippen LogP) is 4.46. The molecule has 0 aliphatic rings. The summed E-state index contributed by atoms with van der Waals surface area (Å²) in [5.74, 6) is 0.0127. The fraction of sp³-hybridized carbons (Fsp3) is 0.103. The number of nitrogens with two attached hydrogens (primary N) is 1. The lowest BCUT2D eigenvalue weighted by Crippen LogP contribution is -2.43. The molecule has 0 bridgehead atoms. The maximum absolute atomic E-state index is 13.2. The molecule has 0 fully saturated rings. The third-order valence-corrected chi connectivity index (χ3v) is 6.99. The van der Waals surface area contributed by atoms with Crippen molar-refractivity contribution in [2.24, 2.45) is 10.2 Å². The number of hydrogen-bond acceptors (Lipinski definition) is 11. The monoisotopic (exact) mass is 652 g/mol. The van der Waals surface area contributed by atoms with Crippen molar-refractivity contribution in [1.82, 2.24) is 19.5 Å². The summed E-state index contributed by atoms with van der Waals surface area (Å²) < 4.78 is 8.61. The maximum Gasteiger partial charge on any atom is 0.369 e. The summed E-state index contributed by atoms with van der Waals surface area (Å²) in [6.45, 7) is 0.792. The van der Waals surface area contributed by atoms with Crippen LogP contribution >= 0.6 is 15.9 Å². The van der Waals surface area contributed by atoms with Crippen LogP contribution in [0.3, 0.4) is 0 Å². The molecule has 3 heterocycles. The molecule has 3 aromatic carbocycles. The van der Waals surface area contributed by atoms with Crippen molar-refractivity contribution in [1.29, 1.82) is 5.26 Å². The molecule has 218 valence electrons. The molecule has 15 heteroatoms. The molecule has 0 atom stereocenters. The van der Waals surface area contributed by atoms with Crippen LogP contribution in [0.1, 0.15) is 11.3 Å². The number of phenolic OH excluding ortho intramolecular Hbond substituents is 1. The van der Waals surface area contributed by atoms with E-state index < -0.39 is 5.69 Å². The molecule has 3 aromatic heterocycles. The number of aromatic hydroxyl groups is 1. The lowest BCUT2D eigenvalue weighted by Gasteiger charge is -2.11. The van der Waals surface area contributed by atoms with E-state index in [0.717, 1.165) is 5.56 Å². The van der Waals surface area contributed by atoms with E-state index in [9.17, 15) is 20.8 Å². The van der Waals surface area contributed by atoms with Crippen LogP contribution in [0.25, 0.3) is 33.5 Å². The van der Waals surface area contributed by atoms with Crippen molar-refractivity contribution in [3.05, 3.63) is 94.7 Å². The molecule has 0 saturated heterocycles. The van der Waals surface area contributed by atoms with E-state index in [-0.39, 0.29) is 52.2 Å². The van der Waals surface area contributed by atoms with Gasteiger partial charge in [-0.25, -0.2) is 4.98 Å². The van der Waals surface area contributed by atoms with E-state index in [1.165, 1.54) is 30.3 Å². The summed E-state index contributed by atoms with van der Waals surface area (Å²) in [6, 6.07) is 19.2. The number of halogens is 1. The molecule has 0 radical (unpaired) electrons. The van der Waals surface area contributed by atoms with Crippen molar-refractivity contribution in [2.45, 2.75) is 13.2 Å². The molecule has 0 amide bonds. The molecule has 6 rings (SSSR count). The number of phenols is 1. The molecule has 0 unspecified atom stereocenters. The van der Waals surface area contributed by atoms with Crippen LogP contribution in [0.4, 0.5) is 17.3 Å². The van der Waals surface area contributed by atoms with Gasteiger partial charge in [-0.2, -0.15) is 30.2 Å². The summed E-state index contributed by atoms with van der Waals surface area (Å²) in [4.78, 5) is 12.8. The number of aromatic nitrogens is 6. The van der Waals surface area contributed by atoms with Gasteiger partial charge in [0.25, 0.3) is 11.0 Å². The lowest BCUT2D eigenvalue weighted by atomic mass is 10.1. The third kappa shape index (κ3) is 5.25. The SMILES string of the molecule is N#Cc1c(-c2cc(N=Nc3cccc(COc4nc(N)nc5c4ncn5CCBr)c3)ccc2O)[n+]([O-])c2ccccc2[n+]1[O-]. The second-order valence-electron chi connectivity index (χ2n) is 9.43. The van der Waals surface area contributed by atoms with Gasteiger partial charge in [-0.3, -0.25) is 0 Å². The summed E-state index contributed by atoms with van der Waals surface area (Å²) in [7, 11) is 0. The molecule has 0 aliphatic carbocycles. The van der Waals surface area contributed by atoms with Crippen LogP contribution < -0.4 is 19.9 Å². The Hall–Kier alpha value is -5.88. The number of nitrogens with zero attached hydrogens (tertiary/aromatic N) is 9. The first-order valence-electron chi connectivity index (χ1n) is 13.1. The van der Waals surface area contributed by atoms with E-state index in [1.54, 1.807) is 42.7 Å². The second-order valence-corrected chi connectivity index (χ2v) is 10.2. The fourth-order valence-corrected chi connectivity index (χ4v) is 5.00. The van der Waals surface area contributed by atoms with E-state index in [1.807, 2.05) is 10.6 Å². The smallest absolute Gasteiger partial charge is 0.369 e. The summed E-state index contributed by atoms with van der Waals surface area (Å²) >= 11 is 3.41. The zero-order chi connectivity index (χ0) is 30.8. The average Bonchev–Trinajstić information content (AvgIpc) is 3.44. The number of aryl methyl sites for hydroxylation is 1. The fourth-order valence-electron chi connectivity index (χ4n) is 4.62. The van der Waals surface area contributed by atoms with Crippen molar-refractivity contribution in [2.75, 3.05) is 11.1 Å². The van der Waals surface area contributed by atoms with Crippen molar-refractivity contribution < 1.29 is 19.3 Å². The Morgan fingerprint density at radius 3 is 2.50 bits per heavy atom. The highest BCUT2D eigenvalue weighted by atomic mass is 79.9. The lowest BCUT2D eigenvalue weighted by molar-refractivity contribution is -0.622. The van der Waals surface area contributed by atoms with E-state index >= 15 is 0 Å². The average molecular weight is 653 g/mol. The highest BCUT2D eigenvalue weighted by molar-refractivity contribution is 9.09. The van der Waals surface area contributed by atoms with Gasteiger partial charge < -0.3 is 30.6 Å². The summed E-state index contributed by atoms with van der Waals surface area (Å²) in [6.07, 6.45) is 1.65. The van der Waals surface area contributed by atoms with Crippen molar-refractivity contribution in [3.8, 4) is 29.0 Å². The molecule has 0 spiro atoms. The number of fused-ring (bicyclic) bond motifs is 2. The van der Waals surface area contributed by atoms with Gasteiger partial charge in [0.15, 0.2) is 17.2 Å². The number of nitriles is 1. The molecule has 0 saturated carbocycles. The van der Waals surface area contributed by atoms with Gasteiger partial charge in [0.05, 0.1) is 23.3 Å². The first kappa shape index (κ1) is 28.2. The molecule has 6 aromatic rings. The Morgan fingerprint density at radius 1 is 1.00 bits per heavy atom. The summed E-state index contributed by atoms with van der Waals surface area (Å²) in [5.41, 5.74) is 7.75. The van der Waals surface area contributed by atoms with E-state index in [4.69, 9.17) is 10.5 Å². The van der Waals surface area contributed by atoms with Gasteiger partial charge in [-0.05, 0) is 35.9 Å². The normalized spacial score (nSPS) is 11.4. The number of imidazole rings is 1. The number of benzene rings is 3. The molecular formula is C29H21BrN10O4. The molecule has 3 N–H and O–H groups in total. The highest BCUT2D eigenvalue weighted by Gasteiger charge is 2.31. The van der Waals surface area contributed by atoms with Gasteiger partial charge in [0.2, 0.25) is 11.8 Å². The summed E-state index contributed by atoms with van der Waals surface area (Å²) in [5, 5.41) is 55.7. The number of hydrogen-bond donors (Lipinski definition) is 2. The van der Waals surface area contributed by atoms with Crippen molar-refractivity contribution in [3.63, 3.8) is 0 Å². The number of ether oxygens (including phenoxy) is 1. The van der Waals surface area contributed by atoms with Crippen molar-refractivity contribution >= 4 is 55.5 Å². The number of azo groups is 1. The number of alkyl halides is 1.